The monoisotopic (exact) mass is 429 g/mol. The zero-order valence-electron chi connectivity index (χ0n) is 11.7. The lowest BCUT2D eigenvalue weighted by atomic mass is 10.2. The molecule has 114 valence electrons. The van der Waals surface area contributed by atoms with Crippen molar-refractivity contribution in [1.29, 1.82) is 0 Å². The van der Waals surface area contributed by atoms with Crippen LogP contribution in [0.4, 0.5) is 5.69 Å². The fourth-order valence-corrected chi connectivity index (χ4v) is 2.33. The second-order valence-corrected chi connectivity index (χ2v) is 6.15. The quantitative estimate of drug-likeness (QED) is 0.734. The first-order valence-electron chi connectivity index (χ1n) is 6.41. The number of halogens is 2. The molecule has 0 bridgehead atoms. The number of carbonyl (C=O) groups is 2. The van der Waals surface area contributed by atoms with Crippen LogP contribution in [0.15, 0.2) is 36.5 Å². The summed E-state index contributed by atoms with van der Waals surface area (Å²) in [6.45, 7) is 1.85. The molecule has 2 aromatic rings. The predicted octanol–water partition coefficient (Wildman–Crippen LogP) is 3.02. The maximum Gasteiger partial charge on any atom is 0.270 e. The number of nitrogens with one attached hydrogen (secondary N) is 2. The number of hydrogen-bond acceptors (Lipinski definition) is 3. The van der Waals surface area contributed by atoms with Crippen LogP contribution >= 0.6 is 34.2 Å². The zero-order chi connectivity index (χ0) is 16.1. The Hall–Kier alpha value is -1.67. The minimum Gasteiger partial charge on any atom is -0.342 e. The highest BCUT2D eigenvalue weighted by Gasteiger charge is 2.10. The Kier molecular flexibility index (Phi) is 5.73. The van der Waals surface area contributed by atoms with E-state index in [2.05, 4.69) is 38.2 Å². The van der Waals surface area contributed by atoms with Crippen molar-refractivity contribution >= 4 is 51.7 Å². The second-order valence-electron chi connectivity index (χ2n) is 4.55. The molecule has 5 nitrogen and oxygen atoms in total. The van der Waals surface area contributed by atoms with Crippen molar-refractivity contribution in [2.24, 2.45) is 0 Å². The summed E-state index contributed by atoms with van der Waals surface area (Å²) in [5, 5.41) is 5.64. The molecular weight excluding hydrogens is 417 g/mol. The number of benzene rings is 1. The van der Waals surface area contributed by atoms with Gasteiger partial charge in [-0.3, -0.25) is 14.6 Å². The number of amides is 2. The van der Waals surface area contributed by atoms with E-state index in [1.54, 1.807) is 6.07 Å². The molecular formula is C15H13ClIN3O2. The molecule has 0 fully saturated rings. The van der Waals surface area contributed by atoms with Crippen LogP contribution < -0.4 is 10.6 Å². The average molecular weight is 430 g/mol. The molecule has 0 aliphatic rings. The fourth-order valence-electron chi connectivity index (χ4n) is 1.66. The third kappa shape index (κ3) is 4.67. The smallest absolute Gasteiger partial charge is 0.270 e. The van der Waals surface area contributed by atoms with Gasteiger partial charge >= 0.3 is 0 Å². The minimum absolute atomic E-state index is 0.141. The number of carbonyl (C=O) groups excluding carboxylic acids is 2. The van der Waals surface area contributed by atoms with Gasteiger partial charge in [0.05, 0.1) is 6.54 Å². The lowest BCUT2D eigenvalue weighted by molar-refractivity contribution is -0.115. The predicted molar refractivity (Wildman–Crippen MR) is 94.1 cm³/mol. The van der Waals surface area contributed by atoms with Gasteiger partial charge in [-0.2, -0.15) is 0 Å². The first kappa shape index (κ1) is 16.7. The van der Waals surface area contributed by atoms with Crippen LogP contribution in [0.25, 0.3) is 0 Å². The largest absolute Gasteiger partial charge is 0.342 e. The van der Waals surface area contributed by atoms with Crippen LogP contribution in [0.3, 0.4) is 0 Å². The van der Waals surface area contributed by atoms with E-state index in [0.717, 1.165) is 9.13 Å². The number of aromatic nitrogens is 1. The first-order valence-corrected chi connectivity index (χ1v) is 7.87. The number of pyridine rings is 1. The molecule has 0 unspecified atom stereocenters. The van der Waals surface area contributed by atoms with E-state index in [-0.39, 0.29) is 18.1 Å². The van der Waals surface area contributed by atoms with E-state index in [0.29, 0.717) is 10.7 Å². The zero-order valence-corrected chi connectivity index (χ0v) is 14.6. The highest BCUT2D eigenvalue weighted by Crippen LogP contribution is 2.16. The van der Waals surface area contributed by atoms with Crippen LogP contribution in [0.1, 0.15) is 16.1 Å². The normalized spacial score (nSPS) is 10.1. The van der Waals surface area contributed by atoms with Gasteiger partial charge in [0, 0.05) is 20.5 Å². The van der Waals surface area contributed by atoms with Crippen molar-refractivity contribution in [3.8, 4) is 0 Å². The van der Waals surface area contributed by atoms with Crippen molar-refractivity contribution in [1.82, 2.24) is 10.3 Å². The van der Waals surface area contributed by atoms with Crippen LogP contribution in [0, 0.1) is 10.5 Å². The number of nitrogens with zero attached hydrogens (tertiary/aromatic N) is 1. The molecule has 22 heavy (non-hydrogen) atoms. The molecule has 1 heterocycles. The molecule has 7 heteroatoms. The van der Waals surface area contributed by atoms with E-state index < -0.39 is 5.91 Å². The highest BCUT2D eigenvalue weighted by atomic mass is 127. The van der Waals surface area contributed by atoms with E-state index in [1.165, 1.54) is 12.3 Å². The molecule has 0 aliphatic heterocycles. The van der Waals surface area contributed by atoms with Gasteiger partial charge in [0.15, 0.2) is 0 Å². The van der Waals surface area contributed by atoms with Crippen LogP contribution in [-0.4, -0.2) is 23.3 Å². The second kappa shape index (κ2) is 7.55. The molecule has 2 N–H and O–H groups in total. The maximum absolute atomic E-state index is 11.8. The van der Waals surface area contributed by atoms with E-state index in [9.17, 15) is 9.59 Å². The van der Waals surface area contributed by atoms with Crippen molar-refractivity contribution in [3.63, 3.8) is 0 Å². The third-order valence-corrected chi connectivity index (χ3v) is 4.22. The molecule has 2 amide bonds. The molecule has 0 radical (unpaired) electrons. The standard InChI is InChI=1S/C15H13ClIN3O2/c1-9-2-3-11(7-12(9)17)20-14(21)8-19-15(22)13-6-10(16)4-5-18-13/h2-7H,8H2,1H3,(H,19,22)(H,20,21). The minimum atomic E-state index is -0.448. The molecule has 2 rings (SSSR count). The Morgan fingerprint density at radius 2 is 2.05 bits per heavy atom. The lowest BCUT2D eigenvalue weighted by Crippen LogP contribution is -2.33. The number of anilines is 1. The maximum atomic E-state index is 11.8. The summed E-state index contributed by atoms with van der Waals surface area (Å²) in [5.41, 5.74) is 2.00. The summed E-state index contributed by atoms with van der Waals surface area (Å²) in [6.07, 6.45) is 1.44. The topological polar surface area (TPSA) is 71.1 Å². The Morgan fingerprint density at radius 3 is 2.73 bits per heavy atom. The number of aryl methyl sites for hydroxylation is 1. The molecule has 0 spiro atoms. The number of rotatable bonds is 4. The Bertz CT molecular complexity index is 722. The lowest BCUT2D eigenvalue weighted by Gasteiger charge is -2.08. The summed E-state index contributed by atoms with van der Waals surface area (Å²) in [4.78, 5) is 27.6. The van der Waals surface area contributed by atoms with E-state index >= 15 is 0 Å². The van der Waals surface area contributed by atoms with Crippen LogP contribution in [-0.2, 0) is 4.79 Å². The van der Waals surface area contributed by atoms with Gasteiger partial charge in [0.2, 0.25) is 5.91 Å². The van der Waals surface area contributed by atoms with Gasteiger partial charge in [-0.1, -0.05) is 17.7 Å². The van der Waals surface area contributed by atoms with Gasteiger partial charge in [-0.15, -0.1) is 0 Å². The van der Waals surface area contributed by atoms with Crippen LogP contribution in [0.2, 0.25) is 5.02 Å². The van der Waals surface area contributed by atoms with Gasteiger partial charge in [-0.25, -0.2) is 0 Å². The van der Waals surface area contributed by atoms with Crippen molar-refractivity contribution in [2.45, 2.75) is 6.92 Å². The summed E-state index contributed by atoms with van der Waals surface area (Å²) in [5.74, 6) is -0.758. The van der Waals surface area contributed by atoms with E-state index in [1.807, 2.05) is 25.1 Å². The third-order valence-electron chi connectivity index (χ3n) is 2.82. The van der Waals surface area contributed by atoms with Gasteiger partial charge in [0.25, 0.3) is 5.91 Å². The van der Waals surface area contributed by atoms with Gasteiger partial charge in [-0.05, 0) is 59.3 Å². The molecule has 1 aromatic carbocycles. The Morgan fingerprint density at radius 1 is 1.27 bits per heavy atom. The van der Waals surface area contributed by atoms with Crippen molar-refractivity contribution in [3.05, 3.63) is 56.4 Å². The molecule has 1 aromatic heterocycles. The summed E-state index contributed by atoms with van der Waals surface area (Å²) in [6, 6.07) is 8.62. The average Bonchev–Trinajstić information content (AvgIpc) is 2.48. The molecule has 0 saturated carbocycles. The summed E-state index contributed by atoms with van der Waals surface area (Å²) < 4.78 is 1.06. The summed E-state index contributed by atoms with van der Waals surface area (Å²) in [7, 11) is 0. The Balaban J connectivity index is 1.90. The summed E-state index contributed by atoms with van der Waals surface area (Å²) >= 11 is 7.98. The SMILES string of the molecule is Cc1ccc(NC(=O)CNC(=O)c2cc(Cl)ccn2)cc1I. The fraction of sp³-hybridized carbons (Fsp3) is 0.133. The van der Waals surface area contributed by atoms with Crippen LogP contribution in [0.5, 0.6) is 0 Å². The van der Waals surface area contributed by atoms with Gasteiger partial charge in [0.1, 0.15) is 5.69 Å². The molecule has 0 saturated heterocycles. The Labute approximate surface area is 146 Å². The molecule has 0 aliphatic carbocycles. The van der Waals surface area contributed by atoms with Crippen molar-refractivity contribution in [2.75, 3.05) is 11.9 Å². The van der Waals surface area contributed by atoms with E-state index in [4.69, 9.17) is 11.6 Å². The van der Waals surface area contributed by atoms with Gasteiger partial charge < -0.3 is 10.6 Å². The molecule has 0 atom stereocenters. The highest BCUT2D eigenvalue weighted by molar-refractivity contribution is 14.1. The number of hydrogen-bond donors (Lipinski definition) is 2. The van der Waals surface area contributed by atoms with Crippen molar-refractivity contribution < 1.29 is 9.59 Å². The first-order chi connectivity index (χ1) is 10.5.